The third kappa shape index (κ3) is 3.31. The van der Waals surface area contributed by atoms with E-state index in [1.807, 2.05) is 24.3 Å². The summed E-state index contributed by atoms with van der Waals surface area (Å²) in [6, 6.07) is 16.1. The predicted octanol–water partition coefficient (Wildman–Crippen LogP) is 3.87. The van der Waals surface area contributed by atoms with E-state index >= 15 is 0 Å². The highest BCUT2D eigenvalue weighted by atomic mass is 19.1. The average molecular weight is 428 g/mol. The summed E-state index contributed by atoms with van der Waals surface area (Å²) in [5.41, 5.74) is 9.13. The lowest BCUT2D eigenvalue weighted by Crippen LogP contribution is -2.27. The lowest BCUT2D eigenvalue weighted by atomic mass is 9.97. The fourth-order valence-electron chi connectivity index (χ4n) is 4.05. The van der Waals surface area contributed by atoms with Gasteiger partial charge in [0.05, 0.1) is 11.1 Å². The molecule has 0 spiro atoms. The number of anilines is 1. The van der Waals surface area contributed by atoms with Gasteiger partial charge in [0.2, 0.25) is 5.95 Å². The van der Waals surface area contributed by atoms with Crippen LogP contribution in [0, 0.1) is 5.82 Å². The Labute approximate surface area is 182 Å². The topological polar surface area (TPSA) is 109 Å². The van der Waals surface area contributed by atoms with Crippen molar-refractivity contribution >= 4 is 28.7 Å². The van der Waals surface area contributed by atoms with Crippen LogP contribution >= 0.6 is 0 Å². The first kappa shape index (κ1) is 19.6. The van der Waals surface area contributed by atoms with E-state index in [0.717, 1.165) is 23.3 Å². The van der Waals surface area contributed by atoms with Gasteiger partial charge in [-0.15, -0.1) is 0 Å². The van der Waals surface area contributed by atoms with Crippen LogP contribution in [0.15, 0.2) is 60.7 Å². The molecule has 0 bridgehead atoms. The lowest BCUT2D eigenvalue weighted by Gasteiger charge is -2.17. The maximum Gasteiger partial charge on any atom is 0.336 e. The molecular weight excluding hydrogens is 411 g/mol. The summed E-state index contributed by atoms with van der Waals surface area (Å²) in [6.07, 6.45) is 0. The van der Waals surface area contributed by atoms with Gasteiger partial charge in [-0.3, -0.25) is 4.79 Å². The Morgan fingerprint density at radius 3 is 2.38 bits per heavy atom. The number of aromatic carboxylic acids is 1. The average Bonchev–Trinajstić information content (AvgIpc) is 3.22. The van der Waals surface area contributed by atoms with E-state index in [1.165, 1.54) is 6.07 Å². The van der Waals surface area contributed by atoms with Gasteiger partial charge in [-0.2, -0.15) is 0 Å². The van der Waals surface area contributed by atoms with Crippen molar-refractivity contribution in [3.63, 3.8) is 0 Å². The van der Waals surface area contributed by atoms with Crippen molar-refractivity contribution in [3.05, 3.63) is 88.9 Å². The summed E-state index contributed by atoms with van der Waals surface area (Å²) in [4.78, 5) is 35.1. The van der Waals surface area contributed by atoms with Crippen molar-refractivity contribution in [2.75, 3.05) is 5.73 Å². The third-order valence-electron chi connectivity index (χ3n) is 5.57. The highest BCUT2D eigenvalue weighted by molar-refractivity contribution is 6.06. The molecule has 1 aliphatic heterocycles. The van der Waals surface area contributed by atoms with Crippen molar-refractivity contribution in [3.8, 4) is 11.1 Å². The number of carboxylic acid groups (broad SMARTS) is 1. The van der Waals surface area contributed by atoms with Crippen molar-refractivity contribution in [2.24, 2.45) is 0 Å². The van der Waals surface area contributed by atoms with Gasteiger partial charge < -0.3 is 15.7 Å². The van der Waals surface area contributed by atoms with Crippen LogP contribution in [0.2, 0.25) is 0 Å². The molecule has 0 saturated carbocycles. The Hall–Kier alpha value is -4.33. The zero-order valence-corrected chi connectivity index (χ0v) is 16.7. The molecule has 4 aromatic rings. The summed E-state index contributed by atoms with van der Waals surface area (Å²) in [5.74, 6) is -2.10. The predicted molar refractivity (Wildman–Crippen MR) is 116 cm³/mol. The molecule has 5 rings (SSSR count). The van der Waals surface area contributed by atoms with Crippen molar-refractivity contribution in [2.45, 2.75) is 13.1 Å². The van der Waals surface area contributed by atoms with Gasteiger partial charge >= 0.3 is 5.97 Å². The smallest absolute Gasteiger partial charge is 0.336 e. The normalized spacial score (nSPS) is 12.7. The Morgan fingerprint density at radius 1 is 0.969 bits per heavy atom. The first-order valence-corrected chi connectivity index (χ1v) is 9.87. The number of nitrogens with two attached hydrogens (primary N) is 1. The van der Waals surface area contributed by atoms with Gasteiger partial charge in [-0.1, -0.05) is 30.3 Å². The van der Waals surface area contributed by atoms with E-state index < -0.39 is 11.8 Å². The molecule has 158 valence electrons. The van der Waals surface area contributed by atoms with Crippen LogP contribution in [0.1, 0.15) is 32.0 Å². The largest absolute Gasteiger partial charge is 0.478 e. The number of amides is 1. The molecule has 3 N–H and O–H groups in total. The fourth-order valence-corrected chi connectivity index (χ4v) is 4.05. The summed E-state index contributed by atoms with van der Waals surface area (Å²) < 4.78 is 13.9. The number of benzene rings is 3. The molecular formula is C24H17FN4O3. The number of aromatic nitrogens is 2. The van der Waals surface area contributed by atoms with Crippen LogP contribution in [0.3, 0.4) is 0 Å². The number of rotatable bonds is 3. The maximum atomic E-state index is 13.9. The second-order valence-electron chi connectivity index (χ2n) is 7.59. The summed E-state index contributed by atoms with van der Waals surface area (Å²) in [7, 11) is 0. The molecule has 1 aromatic heterocycles. The maximum absolute atomic E-state index is 13.9. The van der Waals surface area contributed by atoms with Gasteiger partial charge in [0.15, 0.2) is 0 Å². The minimum atomic E-state index is -1.18. The minimum absolute atomic E-state index is 0.0395. The fraction of sp³-hybridized carbons (Fsp3) is 0.0833. The molecule has 3 aromatic carbocycles. The third-order valence-corrected chi connectivity index (χ3v) is 5.57. The monoisotopic (exact) mass is 428 g/mol. The van der Waals surface area contributed by atoms with Gasteiger partial charge in [0.1, 0.15) is 11.5 Å². The van der Waals surface area contributed by atoms with Crippen LogP contribution in [0.25, 0.3) is 22.0 Å². The van der Waals surface area contributed by atoms with Crippen LogP contribution in [0.5, 0.6) is 0 Å². The van der Waals surface area contributed by atoms with Crippen LogP contribution in [0.4, 0.5) is 10.3 Å². The first-order valence-electron chi connectivity index (χ1n) is 9.87. The summed E-state index contributed by atoms with van der Waals surface area (Å²) in [6.45, 7) is 0.903. The highest BCUT2D eigenvalue weighted by Gasteiger charge is 2.27. The number of hydrogen-bond donors (Lipinski definition) is 2. The van der Waals surface area contributed by atoms with Crippen LogP contribution in [-0.2, 0) is 13.1 Å². The Balaban J connectivity index is 1.63. The molecule has 0 saturated heterocycles. The Kier molecular flexibility index (Phi) is 4.55. The lowest BCUT2D eigenvalue weighted by molar-refractivity contribution is 0.0696. The standard InChI is InChI=1S/C24H17FN4O3/c25-16-6-7-17(23(31)32)18(10-16)13-5-8-20-19(9-13)21(28-24(26)27-20)22(30)29-11-14-3-1-2-4-15(14)12-29/h1-10H,11-12H2,(H,31,32)(H2,26,27,28). The molecule has 0 atom stereocenters. The number of hydrogen-bond acceptors (Lipinski definition) is 5. The molecule has 1 aliphatic rings. The van der Waals surface area contributed by atoms with Crippen molar-refractivity contribution < 1.29 is 19.1 Å². The van der Waals surface area contributed by atoms with E-state index in [0.29, 0.717) is 29.6 Å². The molecule has 0 aliphatic carbocycles. The van der Waals surface area contributed by atoms with E-state index in [9.17, 15) is 19.1 Å². The molecule has 1 amide bonds. The SMILES string of the molecule is Nc1nc(C(=O)N2Cc3ccccc3C2)c2cc(-c3cc(F)ccc3C(=O)O)ccc2n1. The molecule has 32 heavy (non-hydrogen) atoms. The highest BCUT2D eigenvalue weighted by Crippen LogP contribution is 2.31. The molecule has 0 radical (unpaired) electrons. The Morgan fingerprint density at radius 2 is 1.69 bits per heavy atom. The van der Waals surface area contributed by atoms with Crippen LogP contribution < -0.4 is 5.73 Å². The molecule has 2 heterocycles. The second-order valence-corrected chi connectivity index (χ2v) is 7.59. The number of carbonyl (C=O) groups is 2. The number of carboxylic acids is 1. The van der Waals surface area contributed by atoms with Gasteiger partial charge in [-0.25, -0.2) is 19.2 Å². The number of carbonyl (C=O) groups excluding carboxylic acids is 1. The quantitative estimate of drug-likeness (QED) is 0.513. The summed E-state index contributed by atoms with van der Waals surface area (Å²) in [5, 5.41) is 9.93. The van der Waals surface area contributed by atoms with E-state index in [-0.39, 0.29) is 28.7 Å². The van der Waals surface area contributed by atoms with E-state index in [2.05, 4.69) is 9.97 Å². The van der Waals surface area contributed by atoms with E-state index in [4.69, 9.17) is 5.73 Å². The molecule has 0 fully saturated rings. The van der Waals surface area contributed by atoms with Crippen LogP contribution in [-0.4, -0.2) is 31.9 Å². The van der Waals surface area contributed by atoms with Crippen molar-refractivity contribution in [1.82, 2.24) is 14.9 Å². The molecule has 7 nitrogen and oxygen atoms in total. The van der Waals surface area contributed by atoms with Gasteiger partial charge in [0, 0.05) is 18.5 Å². The van der Waals surface area contributed by atoms with E-state index in [1.54, 1.807) is 23.1 Å². The Bertz CT molecular complexity index is 1400. The molecule has 0 unspecified atom stereocenters. The number of nitrogens with zero attached hydrogens (tertiary/aromatic N) is 3. The summed E-state index contributed by atoms with van der Waals surface area (Å²) >= 11 is 0. The zero-order chi connectivity index (χ0) is 22.4. The zero-order valence-electron chi connectivity index (χ0n) is 16.7. The second kappa shape index (κ2) is 7.42. The number of fused-ring (bicyclic) bond motifs is 2. The van der Waals surface area contributed by atoms with Gasteiger partial charge in [-0.05, 0) is 52.6 Å². The van der Waals surface area contributed by atoms with Gasteiger partial charge in [0.25, 0.3) is 5.91 Å². The first-order chi connectivity index (χ1) is 15.4. The van der Waals surface area contributed by atoms with Crippen molar-refractivity contribution in [1.29, 1.82) is 0 Å². The number of halogens is 1. The number of nitrogen functional groups attached to an aromatic ring is 1. The molecule has 8 heteroatoms. The minimum Gasteiger partial charge on any atom is -0.478 e.